The summed E-state index contributed by atoms with van der Waals surface area (Å²) in [7, 11) is 0. The molecule has 1 amide bonds. The van der Waals surface area contributed by atoms with Crippen molar-refractivity contribution in [3.05, 3.63) is 23.7 Å². The van der Waals surface area contributed by atoms with E-state index in [1.165, 1.54) is 0 Å². The zero-order valence-electron chi connectivity index (χ0n) is 11.7. The van der Waals surface area contributed by atoms with E-state index in [2.05, 4.69) is 5.32 Å². The number of hydrogen-bond acceptors (Lipinski definition) is 3. The highest BCUT2D eigenvalue weighted by Gasteiger charge is 2.25. The molecule has 0 spiro atoms. The van der Waals surface area contributed by atoms with Gasteiger partial charge in [-0.15, -0.1) is 0 Å². The third-order valence-electron chi connectivity index (χ3n) is 4.03. The number of carbonyl (C=O) groups excluding carboxylic acids is 1. The maximum absolute atomic E-state index is 12.1. The Labute approximate surface area is 114 Å². The molecule has 4 heteroatoms. The highest BCUT2D eigenvalue weighted by Crippen LogP contribution is 2.30. The molecule has 0 bridgehead atoms. The minimum Gasteiger partial charge on any atom is -0.465 e. The first kappa shape index (κ1) is 14.1. The predicted octanol–water partition coefficient (Wildman–Crippen LogP) is 2.36. The van der Waals surface area contributed by atoms with E-state index in [1.807, 2.05) is 19.1 Å². The number of furan rings is 1. The van der Waals surface area contributed by atoms with Crippen LogP contribution in [0.2, 0.25) is 0 Å². The molecular formula is C15H24N2O2. The molecule has 4 nitrogen and oxygen atoms in total. The van der Waals surface area contributed by atoms with E-state index in [0.29, 0.717) is 6.54 Å². The van der Waals surface area contributed by atoms with E-state index < -0.39 is 0 Å². The van der Waals surface area contributed by atoms with Crippen LogP contribution in [0.15, 0.2) is 16.5 Å². The molecule has 1 aliphatic rings. The van der Waals surface area contributed by atoms with Crippen LogP contribution < -0.4 is 11.1 Å². The smallest absolute Gasteiger partial charge is 0.223 e. The average molecular weight is 264 g/mol. The quantitative estimate of drug-likeness (QED) is 0.857. The van der Waals surface area contributed by atoms with Crippen LogP contribution in [-0.2, 0) is 11.3 Å². The summed E-state index contributed by atoms with van der Waals surface area (Å²) < 4.78 is 5.44. The molecule has 0 atom stereocenters. The van der Waals surface area contributed by atoms with E-state index in [4.69, 9.17) is 10.2 Å². The van der Waals surface area contributed by atoms with Crippen molar-refractivity contribution in [3.63, 3.8) is 0 Å². The SMILES string of the molecule is Cc1ccc(CNC(=O)C2CCC(CCN)CC2)o1. The Bertz CT molecular complexity index is 406. The summed E-state index contributed by atoms with van der Waals surface area (Å²) in [6.45, 7) is 3.17. The molecule has 0 aliphatic heterocycles. The van der Waals surface area contributed by atoms with E-state index in [1.54, 1.807) is 0 Å². The normalized spacial score (nSPS) is 23.3. The van der Waals surface area contributed by atoms with Gasteiger partial charge in [-0.2, -0.15) is 0 Å². The highest BCUT2D eigenvalue weighted by molar-refractivity contribution is 5.78. The van der Waals surface area contributed by atoms with Crippen LogP contribution in [0.5, 0.6) is 0 Å². The lowest BCUT2D eigenvalue weighted by Gasteiger charge is -2.27. The Kier molecular flexibility index (Phi) is 5.02. The highest BCUT2D eigenvalue weighted by atomic mass is 16.3. The molecule has 0 radical (unpaired) electrons. The minimum absolute atomic E-state index is 0.167. The van der Waals surface area contributed by atoms with Gasteiger partial charge in [-0.1, -0.05) is 0 Å². The number of rotatable bonds is 5. The van der Waals surface area contributed by atoms with Crippen molar-refractivity contribution in [2.24, 2.45) is 17.6 Å². The zero-order chi connectivity index (χ0) is 13.7. The fourth-order valence-electron chi connectivity index (χ4n) is 2.85. The Morgan fingerprint density at radius 2 is 2.11 bits per heavy atom. The molecule has 3 N–H and O–H groups in total. The molecule has 1 aromatic rings. The van der Waals surface area contributed by atoms with Gasteiger partial charge >= 0.3 is 0 Å². The first-order valence-electron chi connectivity index (χ1n) is 7.22. The molecule has 2 rings (SSSR count). The van der Waals surface area contributed by atoms with Crippen LogP contribution in [0.25, 0.3) is 0 Å². The number of nitrogens with one attached hydrogen (secondary N) is 1. The van der Waals surface area contributed by atoms with Crippen LogP contribution >= 0.6 is 0 Å². The number of aryl methyl sites for hydroxylation is 1. The maximum Gasteiger partial charge on any atom is 0.223 e. The van der Waals surface area contributed by atoms with Gasteiger partial charge in [0.25, 0.3) is 0 Å². The van der Waals surface area contributed by atoms with Crippen molar-refractivity contribution < 1.29 is 9.21 Å². The molecule has 1 aromatic heterocycles. The van der Waals surface area contributed by atoms with E-state index in [-0.39, 0.29) is 11.8 Å². The van der Waals surface area contributed by atoms with Crippen LogP contribution in [0.4, 0.5) is 0 Å². The van der Waals surface area contributed by atoms with Gasteiger partial charge in [-0.3, -0.25) is 4.79 Å². The molecule has 0 unspecified atom stereocenters. The van der Waals surface area contributed by atoms with Crippen LogP contribution in [0.3, 0.4) is 0 Å². The lowest BCUT2D eigenvalue weighted by Crippen LogP contribution is -2.33. The fraction of sp³-hybridized carbons (Fsp3) is 0.667. The topological polar surface area (TPSA) is 68.3 Å². The number of hydrogen-bond donors (Lipinski definition) is 2. The number of nitrogens with two attached hydrogens (primary N) is 1. The summed E-state index contributed by atoms with van der Waals surface area (Å²) in [6, 6.07) is 3.83. The number of carbonyl (C=O) groups is 1. The molecule has 0 saturated heterocycles. The summed E-state index contributed by atoms with van der Waals surface area (Å²) in [5, 5.41) is 2.97. The summed E-state index contributed by atoms with van der Waals surface area (Å²) in [6.07, 6.45) is 5.35. The van der Waals surface area contributed by atoms with E-state index >= 15 is 0 Å². The Balaban J connectivity index is 1.72. The van der Waals surface area contributed by atoms with Crippen LogP contribution in [0, 0.1) is 18.8 Å². The van der Waals surface area contributed by atoms with E-state index in [0.717, 1.165) is 56.1 Å². The lowest BCUT2D eigenvalue weighted by molar-refractivity contribution is -0.126. The van der Waals surface area contributed by atoms with Gasteiger partial charge in [0.1, 0.15) is 11.5 Å². The third kappa shape index (κ3) is 4.10. The molecule has 1 saturated carbocycles. The summed E-state index contributed by atoms with van der Waals surface area (Å²) in [5.74, 6) is 2.77. The van der Waals surface area contributed by atoms with Crippen LogP contribution in [0.1, 0.15) is 43.6 Å². The summed E-state index contributed by atoms with van der Waals surface area (Å²) in [5.41, 5.74) is 5.58. The predicted molar refractivity (Wildman–Crippen MR) is 74.4 cm³/mol. The van der Waals surface area contributed by atoms with Gasteiger partial charge < -0.3 is 15.5 Å². The molecule has 106 valence electrons. The lowest BCUT2D eigenvalue weighted by atomic mass is 9.80. The van der Waals surface area contributed by atoms with Gasteiger partial charge in [0, 0.05) is 5.92 Å². The second-order valence-electron chi connectivity index (χ2n) is 5.53. The third-order valence-corrected chi connectivity index (χ3v) is 4.03. The Hall–Kier alpha value is -1.29. The second kappa shape index (κ2) is 6.75. The van der Waals surface area contributed by atoms with Gasteiger partial charge in [-0.05, 0) is 63.6 Å². The zero-order valence-corrected chi connectivity index (χ0v) is 11.7. The molecular weight excluding hydrogens is 240 g/mol. The molecule has 1 heterocycles. The van der Waals surface area contributed by atoms with Crippen molar-refractivity contribution in [1.82, 2.24) is 5.32 Å². The van der Waals surface area contributed by atoms with Crippen molar-refractivity contribution in [2.75, 3.05) is 6.54 Å². The molecule has 1 aliphatic carbocycles. The van der Waals surface area contributed by atoms with Crippen molar-refractivity contribution in [2.45, 2.75) is 45.6 Å². The first-order chi connectivity index (χ1) is 9.19. The summed E-state index contributed by atoms with van der Waals surface area (Å²) >= 11 is 0. The van der Waals surface area contributed by atoms with Crippen molar-refractivity contribution in [1.29, 1.82) is 0 Å². The molecule has 0 aromatic carbocycles. The van der Waals surface area contributed by atoms with Crippen molar-refractivity contribution in [3.8, 4) is 0 Å². The standard InChI is InChI=1S/C15H24N2O2/c1-11-2-7-14(19-11)10-17-15(18)13-5-3-12(4-6-13)8-9-16/h2,7,12-13H,3-6,8-10,16H2,1H3,(H,17,18). The Morgan fingerprint density at radius 1 is 1.37 bits per heavy atom. The van der Waals surface area contributed by atoms with E-state index in [9.17, 15) is 4.79 Å². The first-order valence-corrected chi connectivity index (χ1v) is 7.22. The molecule has 19 heavy (non-hydrogen) atoms. The number of amides is 1. The van der Waals surface area contributed by atoms with Gasteiger partial charge in [-0.25, -0.2) is 0 Å². The Morgan fingerprint density at radius 3 is 2.68 bits per heavy atom. The van der Waals surface area contributed by atoms with Gasteiger partial charge in [0.15, 0.2) is 0 Å². The largest absolute Gasteiger partial charge is 0.465 e. The van der Waals surface area contributed by atoms with Gasteiger partial charge in [0.05, 0.1) is 6.54 Å². The fourth-order valence-corrected chi connectivity index (χ4v) is 2.85. The maximum atomic E-state index is 12.1. The molecule has 1 fully saturated rings. The monoisotopic (exact) mass is 264 g/mol. The second-order valence-corrected chi connectivity index (χ2v) is 5.53. The van der Waals surface area contributed by atoms with Crippen LogP contribution in [-0.4, -0.2) is 12.5 Å². The van der Waals surface area contributed by atoms with Crippen molar-refractivity contribution >= 4 is 5.91 Å². The summed E-state index contributed by atoms with van der Waals surface area (Å²) in [4.78, 5) is 12.1. The van der Waals surface area contributed by atoms with Gasteiger partial charge in [0.2, 0.25) is 5.91 Å². The minimum atomic E-state index is 0.167. The average Bonchev–Trinajstić information content (AvgIpc) is 2.83.